The number of hydrogen-bond acceptors (Lipinski definition) is 9. The monoisotopic (exact) mass is 814 g/mol. The maximum absolute atomic E-state index is 11.0. The summed E-state index contributed by atoms with van der Waals surface area (Å²) in [4.78, 5) is 32.8. The number of unbranched alkanes of at least 4 members (excludes halogenated alkanes) is 6. The lowest BCUT2D eigenvalue weighted by Gasteiger charge is -2.15. The van der Waals surface area contributed by atoms with E-state index in [0.717, 1.165) is 46.2 Å². The Bertz CT molecular complexity index is 1930. The summed E-state index contributed by atoms with van der Waals surface area (Å²) in [5.74, 6) is 1.16. The number of benzene rings is 3. The van der Waals surface area contributed by atoms with Gasteiger partial charge in [-0.2, -0.15) is 0 Å². The number of hydrogen-bond donors (Lipinski definition) is 3. The number of carbonyl (C=O) groups is 3. The first kappa shape index (κ1) is 47.2. The number of rotatable bonds is 30. The van der Waals surface area contributed by atoms with Gasteiger partial charge in [0.15, 0.2) is 0 Å². The first-order valence-corrected chi connectivity index (χ1v) is 19.8. The molecule has 3 aromatic rings. The van der Waals surface area contributed by atoms with Gasteiger partial charge in [-0.15, -0.1) is 0 Å². The molecule has 0 saturated carbocycles. The molecule has 12 nitrogen and oxygen atoms in total. The molecule has 3 aromatic carbocycles. The molecule has 0 heterocycles. The zero-order valence-corrected chi connectivity index (χ0v) is 34.5. The van der Waals surface area contributed by atoms with E-state index in [1.807, 2.05) is 60.7 Å². The van der Waals surface area contributed by atoms with E-state index in [4.69, 9.17) is 43.7 Å². The number of aliphatic carboxylic acids is 3. The summed E-state index contributed by atoms with van der Waals surface area (Å²) in [6, 6.07) is 11.2. The van der Waals surface area contributed by atoms with Crippen LogP contribution in [-0.4, -0.2) is 74.4 Å². The van der Waals surface area contributed by atoms with Gasteiger partial charge in [-0.3, -0.25) is 14.4 Å². The normalized spacial score (nSPS) is 11.0. The van der Waals surface area contributed by atoms with Crippen LogP contribution in [0.4, 0.5) is 0 Å². The average molecular weight is 815 g/mol. The van der Waals surface area contributed by atoms with Crippen LogP contribution in [0, 0.1) is 0 Å². The standard InChI is InChI=1S/C47H58O12/c1-6-33-28-43(58-25-15-9-12-18-46(50)51)37(29-39(33)54-3)22-21-36-32-44(59-26-16-10-13-19-47(52)53)38(30-41(36)56-5)23-20-35-31-42(34(7-2)27-40(35)55-4)57-24-14-8-11-17-45(48)49/h6-7,20-23,27-32H,1-2,8-19,24-26H2,3-5H3,(H,48,49)(H,50,51)(H,52,53)/b22-21+,23-20+. The largest absolute Gasteiger partial charge is 0.496 e. The zero-order chi connectivity index (χ0) is 43.0. The van der Waals surface area contributed by atoms with Crippen molar-refractivity contribution in [2.24, 2.45) is 0 Å². The molecule has 0 amide bonds. The van der Waals surface area contributed by atoms with Gasteiger partial charge >= 0.3 is 17.9 Å². The molecule has 0 bridgehead atoms. The number of carboxylic acids is 3. The SMILES string of the molecule is C=Cc1cc(OCCCCCC(=O)O)c(/C=C/c2cc(OCCCCCC(=O)O)c(/C=C/c3cc(OCCCCCC(=O)O)c(C=C)cc3OC)cc2OC)cc1OC. The van der Waals surface area contributed by atoms with E-state index in [9.17, 15) is 14.4 Å². The highest BCUT2D eigenvalue weighted by atomic mass is 16.5. The fraction of sp³-hybridized carbons (Fsp3) is 0.383. The fourth-order valence-electron chi connectivity index (χ4n) is 6.09. The predicted octanol–water partition coefficient (Wildman–Crippen LogP) is 10.4. The van der Waals surface area contributed by atoms with Crippen molar-refractivity contribution in [2.75, 3.05) is 41.2 Å². The highest BCUT2D eigenvalue weighted by molar-refractivity contribution is 5.82. The van der Waals surface area contributed by atoms with Crippen molar-refractivity contribution in [3.63, 3.8) is 0 Å². The second-order valence-electron chi connectivity index (χ2n) is 13.6. The lowest BCUT2D eigenvalue weighted by Crippen LogP contribution is -2.02. The van der Waals surface area contributed by atoms with Gasteiger partial charge in [0.05, 0.1) is 41.2 Å². The van der Waals surface area contributed by atoms with E-state index in [1.54, 1.807) is 33.5 Å². The minimum Gasteiger partial charge on any atom is -0.496 e. The molecule has 12 heteroatoms. The van der Waals surface area contributed by atoms with Crippen LogP contribution in [0.3, 0.4) is 0 Å². The van der Waals surface area contributed by atoms with E-state index in [0.29, 0.717) is 99.3 Å². The molecule has 59 heavy (non-hydrogen) atoms. The smallest absolute Gasteiger partial charge is 0.303 e. The topological polar surface area (TPSA) is 167 Å². The zero-order valence-electron chi connectivity index (χ0n) is 34.5. The molecule has 0 aliphatic heterocycles. The third kappa shape index (κ3) is 16.3. The first-order valence-electron chi connectivity index (χ1n) is 19.8. The van der Waals surface area contributed by atoms with Crippen molar-refractivity contribution in [3.05, 3.63) is 82.9 Å². The molecule has 0 radical (unpaired) electrons. The van der Waals surface area contributed by atoms with Crippen molar-refractivity contribution in [1.82, 2.24) is 0 Å². The van der Waals surface area contributed by atoms with Gasteiger partial charge in [0.1, 0.15) is 34.5 Å². The Balaban J connectivity index is 1.98. The maximum Gasteiger partial charge on any atom is 0.303 e. The van der Waals surface area contributed by atoms with Crippen LogP contribution >= 0.6 is 0 Å². The highest BCUT2D eigenvalue weighted by Crippen LogP contribution is 2.36. The van der Waals surface area contributed by atoms with Crippen LogP contribution in [0.15, 0.2) is 49.6 Å². The van der Waals surface area contributed by atoms with Gasteiger partial charge in [-0.05, 0) is 94.2 Å². The lowest BCUT2D eigenvalue weighted by atomic mass is 10.0. The van der Waals surface area contributed by atoms with Gasteiger partial charge in [0, 0.05) is 52.6 Å². The van der Waals surface area contributed by atoms with Gasteiger partial charge in [-0.25, -0.2) is 0 Å². The predicted molar refractivity (Wildman–Crippen MR) is 232 cm³/mol. The summed E-state index contributed by atoms with van der Waals surface area (Å²) < 4.78 is 35.9. The number of methoxy groups -OCH3 is 3. The Morgan fingerprint density at radius 3 is 1.00 bits per heavy atom. The minimum atomic E-state index is -0.827. The van der Waals surface area contributed by atoms with Crippen molar-refractivity contribution < 1.29 is 58.1 Å². The molecule has 0 fully saturated rings. The summed E-state index contributed by atoms with van der Waals surface area (Å²) >= 11 is 0. The molecular weight excluding hydrogens is 757 g/mol. The highest BCUT2D eigenvalue weighted by Gasteiger charge is 2.14. The second kappa shape index (κ2) is 26.0. The third-order valence-electron chi connectivity index (χ3n) is 9.29. The van der Waals surface area contributed by atoms with Crippen LogP contribution in [-0.2, 0) is 14.4 Å². The summed E-state index contributed by atoms with van der Waals surface area (Å²) in [6.45, 7) is 9.02. The van der Waals surface area contributed by atoms with Gasteiger partial charge in [-0.1, -0.05) is 49.6 Å². The van der Waals surface area contributed by atoms with Crippen molar-refractivity contribution in [3.8, 4) is 34.5 Å². The molecule has 0 saturated heterocycles. The van der Waals surface area contributed by atoms with Crippen LogP contribution < -0.4 is 28.4 Å². The molecule has 0 aromatic heterocycles. The van der Waals surface area contributed by atoms with Crippen molar-refractivity contribution in [2.45, 2.75) is 77.0 Å². The van der Waals surface area contributed by atoms with Crippen LogP contribution in [0.5, 0.6) is 34.5 Å². The summed E-state index contributed by atoms with van der Waals surface area (Å²) in [5.41, 5.74) is 4.47. The Morgan fingerprint density at radius 2 is 0.678 bits per heavy atom. The van der Waals surface area contributed by atoms with Crippen LogP contribution in [0.25, 0.3) is 36.5 Å². The number of ether oxygens (including phenoxy) is 6. The molecule has 0 unspecified atom stereocenters. The Kier molecular flexibility index (Phi) is 20.8. The van der Waals surface area contributed by atoms with Gasteiger partial charge in [0.2, 0.25) is 0 Å². The summed E-state index contributed by atoms with van der Waals surface area (Å²) in [5, 5.41) is 26.9. The van der Waals surface area contributed by atoms with E-state index in [-0.39, 0.29) is 19.3 Å². The lowest BCUT2D eigenvalue weighted by molar-refractivity contribution is -0.138. The molecule has 3 N–H and O–H groups in total. The molecule has 3 rings (SSSR count). The first-order chi connectivity index (χ1) is 28.5. The molecule has 318 valence electrons. The Labute approximate surface area is 347 Å². The van der Waals surface area contributed by atoms with E-state index < -0.39 is 17.9 Å². The summed E-state index contributed by atoms with van der Waals surface area (Å²) in [6.07, 6.45) is 17.3. The average Bonchev–Trinajstić information content (AvgIpc) is 3.22. The molecular formula is C47H58O12. The molecule has 0 spiro atoms. The second-order valence-corrected chi connectivity index (χ2v) is 13.6. The van der Waals surface area contributed by atoms with Gasteiger partial charge in [0.25, 0.3) is 0 Å². The van der Waals surface area contributed by atoms with E-state index in [1.165, 1.54) is 0 Å². The minimum absolute atomic E-state index is 0.101. The maximum atomic E-state index is 11.0. The third-order valence-corrected chi connectivity index (χ3v) is 9.29. The molecule has 0 aliphatic rings. The van der Waals surface area contributed by atoms with Crippen molar-refractivity contribution >= 4 is 54.4 Å². The van der Waals surface area contributed by atoms with Crippen LogP contribution in [0.2, 0.25) is 0 Å². The van der Waals surface area contributed by atoms with Crippen LogP contribution in [0.1, 0.15) is 110 Å². The van der Waals surface area contributed by atoms with E-state index in [2.05, 4.69) is 13.2 Å². The number of carboxylic acid groups (broad SMARTS) is 3. The van der Waals surface area contributed by atoms with Crippen molar-refractivity contribution in [1.29, 1.82) is 0 Å². The fourth-order valence-corrected chi connectivity index (χ4v) is 6.09. The Hall–Kier alpha value is -6.17. The van der Waals surface area contributed by atoms with Gasteiger partial charge < -0.3 is 43.7 Å². The Morgan fingerprint density at radius 1 is 0.424 bits per heavy atom. The molecule has 0 aliphatic carbocycles. The summed E-state index contributed by atoms with van der Waals surface area (Å²) in [7, 11) is 4.77. The molecule has 0 atom stereocenters. The van der Waals surface area contributed by atoms with E-state index >= 15 is 0 Å². The quantitative estimate of drug-likeness (QED) is 0.0431.